The Hall–Kier alpha value is -1.65. The van der Waals surface area contributed by atoms with Gasteiger partial charge in [-0.3, -0.25) is 4.79 Å². The van der Waals surface area contributed by atoms with Crippen molar-refractivity contribution in [3.8, 4) is 0 Å². The molecule has 0 atom stereocenters. The maximum Gasteiger partial charge on any atom is 0.227 e. The molecule has 0 aliphatic carbocycles. The van der Waals surface area contributed by atoms with E-state index in [1.54, 1.807) is 0 Å². The Bertz CT molecular complexity index is 586. The standard InChI is InChI=1S/C17H19BrN2O/c18-16-8-4-7-15(11-16)12-17(21)20(10-9-19)13-14-5-2-1-3-6-14/h1-8,11H,9-10,12-13,19H2. The van der Waals surface area contributed by atoms with Crippen LogP contribution < -0.4 is 5.73 Å². The summed E-state index contributed by atoms with van der Waals surface area (Å²) in [6.07, 6.45) is 0.395. The van der Waals surface area contributed by atoms with Crippen LogP contribution in [0.2, 0.25) is 0 Å². The van der Waals surface area contributed by atoms with Crippen molar-refractivity contribution in [2.75, 3.05) is 13.1 Å². The molecule has 0 aromatic heterocycles. The molecule has 0 saturated carbocycles. The summed E-state index contributed by atoms with van der Waals surface area (Å²) >= 11 is 3.43. The van der Waals surface area contributed by atoms with Gasteiger partial charge >= 0.3 is 0 Å². The third kappa shape index (κ3) is 4.99. The number of hydrogen-bond acceptors (Lipinski definition) is 2. The number of rotatable bonds is 6. The molecule has 0 radical (unpaired) electrons. The van der Waals surface area contributed by atoms with Gasteiger partial charge in [-0.2, -0.15) is 0 Å². The van der Waals surface area contributed by atoms with E-state index in [1.165, 1.54) is 0 Å². The van der Waals surface area contributed by atoms with E-state index in [1.807, 2.05) is 59.5 Å². The van der Waals surface area contributed by atoms with Crippen LogP contribution in [0.25, 0.3) is 0 Å². The van der Waals surface area contributed by atoms with Crippen LogP contribution in [0, 0.1) is 0 Å². The van der Waals surface area contributed by atoms with Crippen molar-refractivity contribution in [3.05, 3.63) is 70.2 Å². The van der Waals surface area contributed by atoms with E-state index in [0.29, 0.717) is 26.1 Å². The molecule has 21 heavy (non-hydrogen) atoms. The number of carbonyl (C=O) groups is 1. The minimum Gasteiger partial charge on any atom is -0.337 e. The van der Waals surface area contributed by atoms with E-state index in [0.717, 1.165) is 15.6 Å². The lowest BCUT2D eigenvalue weighted by molar-refractivity contribution is -0.131. The summed E-state index contributed by atoms with van der Waals surface area (Å²) in [5.41, 5.74) is 7.76. The number of nitrogens with zero attached hydrogens (tertiary/aromatic N) is 1. The summed E-state index contributed by atoms with van der Waals surface area (Å²) in [5, 5.41) is 0. The van der Waals surface area contributed by atoms with Crippen LogP contribution in [-0.4, -0.2) is 23.9 Å². The highest BCUT2D eigenvalue weighted by molar-refractivity contribution is 9.10. The molecule has 0 fully saturated rings. The van der Waals surface area contributed by atoms with Crippen LogP contribution in [0.5, 0.6) is 0 Å². The van der Waals surface area contributed by atoms with Gasteiger partial charge in [-0.25, -0.2) is 0 Å². The molecule has 0 unspecified atom stereocenters. The van der Waals surface area contributed by atoms with Crippen LogP contribution in [0.15, 0.2) is 59.1 Å². The molecule has 110 valence electrons. The van der Waals surface area contributed by atoms with E-state index < -0.39 is 0 Å². The fraction of sp³-hybridized carbons (Fsp3) is 0.235. The number of amides is 1. The first-order valence-corrected chi connectivity index (χ1v) is 7.74. The van der Waals surface area contributed by atoms with E-state index in [4.69, 9.17) is 5.73 Å². The van der Waals surface area contributed by atoms with Crippen molar-refractivity contribution in [2.24, 2.45) is 5.73 Å². The smallest absolute Gasteiger partial charge is 0.227 e. The molecule has 2 aromatic carbocycles. The summed E-state index contributed by atoms with van der Waals surface area (Å²) in [6.45, 7) is 1.64. The largest absolute Gasteiger partial charge is 0.337 e. The molecule has 0 aliphatic rings. The van der Waals surface area contributed by atoms with Crippen LogP contribution in [0.3, 0.4) is 0 Å². The Labute approximate surface area is 133 Å². The van der Waals surface area contributed by atoms with Crippen LogP contribution in [0.4, 0.5) is 0 Å². The topological polar surface area (TPSA) is 46.3 Å². The molecule has 0 saturated heterocycles. The normalized spacial score (nSPS) is 10.4. The number of carbonyl (C=O) groups excluding carboxylic acids is 1. The molecule has 0 spiro atoms. The van der Waals surface area contributed by atoms with Gasteiger partial charge in [0.1, 0.15) is 0 Å². The minimum atomic E-state index is 0.0994. The molecular formula is C17H19BrN2O. The van der Waals surface area contributed by atoms with E-state index in [2.05, 4.69) is 15.9 Å². The average Bonchev–Trinajstić information content (AvgIpc) is 2.48. The van der Waals surface area contributed by atoms with Crippen molar-refractivity contribution in [1.29, 1.82) is 0 Å². The highest BCUT2D eigenvalue weighted by Crippen LogP contribution is 2.13. The second-order valence-electron chi connectivity index (χ2n) is 4.90. The zero-order chi connectivity index (χ0) is 15.1. The Kier molecular flexibility index (Phi) is 5.96. The summed E-state index contributed by atoms with van der Waals surface area (Å²) in [5.74, 6) is 0.0994. The van der Waals surface area contributed by atoms with Crippen molar-refractivity contribution < 1.29 is 4.79 Å². The second kappa shape index (κ2) is 7.96. The maximum absolute atomic E-state index is 12.5. The third-order valence-electron chi connectivity index (χ3n) is 3.21. The molecule has 4 heteroatoms. The molecule has 2 rings (SSSR count). The van der Waals surface area contributed by atoms with Crippen molar-refractivity contribution in [2.45, 2.75) is 13.0 Å². The van der Waals surface area contributed by atoms with Gasteiger partial charge in [0.15, 0.2) is 0 Å². The van der Waals surface area contributed by atoms with Gasteiger partial charge in [0, 0.05) is 24.1 Å². The first-order chi connectivity index (χ1) is 10.2. The van der Waals surface area contributed by atoms with Gasteiger partial charge in [0.05, 0.1) is 6.42 Å². The fourth-order valence-electron chi connectivity index (χ4n) is 2.18. The highest BCUT2D eigenvalue weighted by Gasteiger charge is 2.14. The lowest BCUT2D eigenvalue weighted by Gasteiger charge is -2.22. The Balaban J connectivity index is 2.05. The molecule has 0 heterocycles. The molecule has 2 N–H and O–H groups in total. The van der Waals surface area contributed by atoms with Crippen molar-refractivity contribution in [3.63, 3.8) is 0 Å². The fourth-order valence-corrected chi connectivity index (χ4v) is 2.63. The van der Waals surface area contributed by atoms with E-state index >= 15 is 0 Å². The van der Waals surface area contributed by atoms with Crippen LogP contribution >= 0.6 is 15.9 Å². The van der Waals surface area contributed by atoms with Gasteiger partial charge in [0.2, 0.25) is 5.91 Å². The molecule has 1 amide bonds. The quantitative estimate of drug-likeness (QED) is 0.873. The molecule has 0 bridgehead atoms. The Morgan fingerprint density at radius 3 is 2.43 bits per heavy atom. The van der Waals surface area contributed by atoms with Gasteiger partial charge in [-0.1, -0.05) is 58.4 Å². The first-order valence-electron chi connectivity index (χ1n) is 6.95. The van der Waals surface area contributed by atoms with E-state index in [-0.39, 0.29) is 5.91 Å². The van der Waals surface area contributed by atoms with Gasteiger partial charge in [0.25, 0.3) is 0 Å². The number of nitrogens with two attached hydrogens (primary N) is 1. The Morgan fingerprint density at radius 1 is 1.05 bits per heavy atom. The first kappa shape index (κ1) is 15.7. The molecular weight excluding hydrogens is 328 g/mol. The zero-order valence-corrected chi connectivity index (χ0v) is 13.4. The average molecular weight is 347 g/mol. The summed E-state index contributed by atoms with van der Waals surface area (Å²) in [4.78, 5) is 14.3. The molecule has 3 nitrogen and oxygen atoms in total. The number of halogens is 1. The maximum atomic E-state index is 12.5. The van der Waals surface area contributed by atoms with Crippen molar-refractivity contribution in [1.82, 2.24) is 4.90 Å². The minimum absolute atomic E-state index is 0.0994. The SMILES string of the molecule is NCCN(Cc1ccccc1)C(=O)Cc1cccc(Br)c1. The summed E-state index contributed by atoms with van der Waals surface area (Å²) < 4.78 is 0.987. The number of hydrogen-bond donors (Lipinski definition) is 1. The van der Waals surface area contributed by atoms with Gasteiger partial charge < -0.3 is 10.6 Å². The Morgan fingerprint density at radius 2 is 1.76 bits per heavy atom. The van der Waals surface area contributed by atoms with Crippen molar-refractivity contribution >= 4 is 21.8 Å². The lowest BCUT2D eigenvalue weighted by Crippen LogP contribution is -2.35. The van der Waals surface area contributed by atoms with Crippen LogP contribution in [0.1, 0.15) is 11.1 Å². The predicted molar refractivity (Wildman–Crippen MR) is 88.8 cm³/mol. The third-order valence-corrected chi connectivity index (χ3v) is 3.71. The van der Waals surface area contributed by atoms with Gasteiger partial charge in [-0.05, 0) is 23.3 Å². The van der Waals surface area contributed by atoms with Crippen LogP contribution in [-0.2, 0) is 17.8 Å². The van der Waals surface area contributed by atoms with Gasteiger partial charge in [-0.15, -0.1) is 0 Å². The highest BCUT2D eigenvalue weighted by atomic mass is 79.9. The lowest BCUT2D eigenvalue weighted by atomic mass is 10.1. The second-order valence-corrected chi connectivity index (χ2v) is 5.81. The summed E-state index contributed by atoms with van der Waals surface area (Å²) in [7, 11) is 0. The van der Waals surface area contributed by atoms with E-state index in [9.17, 15) is 4.79 Å². The number of benzene rings is 2. The monoisotopic (exact) mass is 346 g/mol. The zero-order valence-electron chi connectivity index (χ0n) is 11.8. The predicted octanol–water partition coefficient (Wildman–Crippen LogP) is 2.98. The molecule has 0 aliphatic heterocycles. The molecule has 2 aromatic rings. The summed E-state index contributed by atoms with van der Waals surface area (Å²) in [6, 6.07) is 17.8.